The molecule has 3 N–H and O–H groups in total. The molecule has 0 heterocycles. The van der Waals surface area contributed by atoms with Crippen molar-refractivity contribution in [3.8, 4) is 0 Å². The van der Waals surface area contributed by atoms with Gasteiger partial charge in [-0.15, -0.1) is 0 Å². The van der Waals surface area contributed by atoms with Gasteiger partial charge in [0.05, 0.1) is 6.42 Å². The number of nitrogens with one attached hydrogen (secondary N) is 1. The highest BCUT2D eigenvalue weighted by molar-refractivity contribution is 5.78. The lowest BCUT2D eigenvalue weighted by atomic mass is 10.1. The molecule has 0 aliphatic heterocycles. The normalized spacial score (nSPS) is 12.1. The van der Waals surface area contributed by atoms with Crippen LogP contribution in [0.5, 0.6) is 0 Å². The molecule has 88 valence electrons. The minimum atomic E-state index is 0.0755. The molecule has 0 saturated carbocycles. The summed E-state index contributed by atoms with van der Waals surface area (Å²) in [5.74, 6) is 0.0755. The standard InChI is InChI=1S/C13H20N2O/c1-2-12(8-9-14)15-13(16)10-11-6-4-3-5-7-11/h3-7,12H,2,8-10,14H2,1H3,(H,15,16). The van der Waals surface area contributed by atoms with E-state index in [2.05, 4.69) is 12.2 Å². The van der Waals surface area contributed by atoms with Gasteiger partial charge in [0.25, 0.3) is 0 Å². The van der Waals surface area contributed by atoms with Crippen molar-refractivity contribution >= 4 is 5.91 Å². The SMILES string of the molecule is CCC(CCN)NC(=O)Cc1ccccc1. The van der Waals surface area contributed by atoms with Gasteiger partial charge in [0.2, 0.25) is 5.91 Å². The summed E-state index contributed by atoms with van der Waals surface area (Å²) in [6.07, 6.45) is 2.22. The smallest absolute Gasteiger partial charge is 0.224 e. The van der Waals surface area contributed by atoms with Crippen LogP contribution in [-0.4, -0.2) is 18.5 Å². The van der Waals surface area contributed by atoms with Crippen molar-refractivity contribution in [2.45, 2.75) is 32.2 Å². The second-order valence-corrected chi connectivity index (χ2v) is 3.91. The number of hydrogen-bond donors (Lipinski definition) is 2. The maximum Gasteiger partial charge on any atom is 0.224 e. The largest absolute Gasteiger partial charge is 0.353 e. The third-order valence-corrected chi connectivity index (χ3v) is 2.58. The molecule has 1 atom stereocenters. The van der Waals surface area contributed by atoms with E-state index in [1.165, 1.54) is 0 Å². The molecule has 3 nitrogen and oxygen atoms in total. The number of carbonyl (C=O) groups is 1. The molecule has 1 unspecified atom stereocenters. The lowest BCUT2D eigenvalue weighted by molar-refractivity contribution is -0.121. The zero-order valence-electron chi connectivity index (χ0n) is 9.78. The molecule has 3 heteroatoms. The van der Waals surface area contributed by atoms with Crippen molar-refractivity contribution in [2.24, 2.45) is 5.73 Å². The average molecular weight is 220 g/mol. The summed E-state index contributed by atoms with van der Waals surface area (Å²) in [4.78, 5) is 11.7. The van der Waals surface area contributed by atoms with Crippen molar-refractivity contribution in [3.63, 3.8) is 0 Å². The fourth-order valence-electron chi connectivity index (χ4n) is 1.64. The van der Waals surface area contributed by atoms with Crippen LogP contribution in [0.1, 0.15) is 25.3 Å². The van der Waals surface area contributed by atoms with Gasteiger partial charge >= 0.3 is 0 Å². The molecule has 0 radical (unpaired) electrons. The number of carbonyl (C=O) groups excluding carboxylic acids is 1. The Morgan fingerprint density at radius 2 is 2.06 bits per heavy atom. The third-order valence-electron chi connectivity index (χ3n) is 2.58. The molecule has 0 saturated heterocycles. The lowest BCUT2D eigenvalue weighted by Gasteiger charge is -2.15. The van der Waals surface area contributed by atoms with Crippen LogP contribution in [0.4, 0.5) is 0 Å². The first-order chi connectivity index (χ1) is 7.76. The zero-order chi connectivity index (χ0) is 11.8. The van der Waals surface area contributed by atoms with Crippen molar-refractivity contribution < 1.29 is 4.79 Å². The average Bonchev–Trinajstić information content (AvgIpc) is 2.29. The van der Waals surface area contributed by atoms with Gasteiger partial charge in [-0.1, -0.05) is 37.3 Å². The van der Waals surface area contributed by atoms with E-state index in [0.29, 0.717) is 13.0 Å². The minimum absolute atomic E-state index is 0.0755. The van der Waals surface area contributed by atoms with Gasteiger partial charge in [-0.05, 0) is 24.9 Å². The molecule has 0 aliphatic rings. The minimum Gasteiger partial charge on any atom is -0.353 e. The second-order valence-electron chi connectivity index (χ2n) is 3.91. The number of hydrogen-bond acceptors (Lipinski definition) is 2. The number of benzene rings is 1. The Balaban J connectivity index is 2.41. The Morgan fingerprint density at radius 3 is 2.62 bits per heavy atom. The topological polar surface area (TPSA) is 55.1 Å². The summed E-state index contributed by atoms with van der Waals surface area (Å²) < 4.78 is 0. The Hall–Kier alpha value is -1.35. The Bertz CT molecular complexity index is 311. The third kappa shape index (κ3) is 4.45. The first-order valence-electron chi connectivity index (χ1n) is 5.79. The molecular formula is C13H20N2O. The van der Waals surface area contributed by atoms with Gasteiger partial charge in [-0.3, -0.25) is 4.79 Å². The molecular weight excluding hydrogens is 200 g/mol. The van der Waals surface area contributed by atoms with E-state index in [1.54, 1.807) is 0 Å². The van der Waals surface area contributed by atoms with Crippen molar-refractivity contribution in [1.29, 1.82) is 0 Å². The highest BCUT2D eigenvalue weighted by atomic mass is 16.1. The number of nitrogens with two attached hydrogens (primary N) is 1. The number of amides is 1. The molecule has 1 aromatic rings. The molecule has 1 amide bonds. The van der Waals surface area contributed by atoms with Gasteiger partial charge in [0.1, 0.15) is 0 Å². The molecule has 0 aliphatic carbocycles. The van der Waals surface area contributed by atoms with Crippen molar-refractivity contribution in [2.75, 3.05) is 6.54 Å². The Morgan fingerprint density at radius 1 is 1.38 bits per heavy atom. The fraction of sp³-hybridized carbons (Fsp3) is 0.462. The van der Waals surface area contributed by atoms with Crippen LogP contribution in [0.15, 0.2) is 30.3 Å². The summed E-state index contributed by atoms with van der Waals surface area (Å²) in [5, 5.41) is 3.00. The van der Waals surface area contributed by atoms with E-state index in [-0.39, 0.29) is 11.9 Å². The number of rotatable bonds is 6. The summed E-state index contributed by atoms with van der Waals surface area (Å²) >= 11 is 0. The van der Waals surface area contributed by atoms with Crippen LogP contribution >= 0.6 is 0 Å². The molecule has 0 bridgehead atoms. The molecule has 0 aromatic heterocycles. The molecule has 0 fully saturated rings. The lowest BCUT2D eigenvalue weighted by Crippen LogP contribution is -2.36. The molecule has 16 heavy (non-hydrogen) atoms. The fourth-order valence-corrected chi connectivity index (χ4v) is 1.64. The summed E-state index contributed by atoms with van der Waals surface area (Å²) in [6.45, 7) is 2.67. The molecule has 0 spiro atoms. The molecule has 1 aromatic carbocycles. The van der Waals surface area contributed by atoms with Crippen LogP contribution in [0.25, 0.3) is 0 Å². The van der Waals surface area contributed by atoms with Gasteiger partial charge in [-0.2, -0.15) is 0 Å². The predicted molar refractivity (Wildman–Crippen MR) is 66.0 cm³/mol. The van der Waals surface area contributed by atoms with Gasteiger partial charge < -0.3 is 11.1 Å². The van der Waals surface area contributed by atoms with Gasteiger partial charge in [-0.25, -0.2) is 0 Å². The summed E-state index contributed by atoms with van der Waals surface area (Å²) in [5.41, 5.74) is 6.53. The maximum atomic E-state index is 11.7. The van der Waals surface area contributed by atoms with Crippen LogP contribution in [0.2, 0.25) is 0 Å². The van der Waals surface area contributed by atoms with Crippen LogP contribution in [0, 0.1) is 0 Å². The van der Waals surface area contributed by atoms with E-state index in [1.807, 2.05) is 30.3 Å². The zero-order valence-corrected chi connectivity index (χ0v) is 9.78. The first-order valence-corrected chi connectivity index (χ1v) is 5.79. The molecule has 1 rings (SSSR count). The van der Waals surface area contributed by atoms with E-state index >= 15 is 0 Å². The summed E-state index contributed by atoms with van der Waals surface area (Å²) in [7, 11) is 0. The van der Waals surface area contributed by atoms with Gasteiger partial charge in [0, 0.05) is 6.04 Å². The van der Waals surface area contributed by atoms with Crippen LogP contribution in [0.3, 0.4) is 0 Å². The van der Waals surface area contributed by atoms with E-state index in [4.69, 9.17) is 5.73 Å². The Kier molecular flexibility index (Phi) is 5.57. The quantitative estimate of drug-likeness (QED) is 0.763. The van der Waals surface area contributed by atoms with Crippen LogP contribution in [-0.2, 0) is 11.2 Å². The van der Waals surface area contributed by atoms with E-state index in [9.17, 15) is 4.79 Å². The van der Waals surface area contributed by atoms with E-state index in [0.717, 1.165) is 18.4 Å². The predicted octanol–water partition coefficient (Wildman–Crippen LogP) is 1.47. The highest BCUT2D eigenvalue weighted by Gasteiger charge is 2.09. The first kappa shape index (κ1) is 12.7. The monoisotopic (exact) mass is 220 g/mol. The highest BCUT2D eigenvalue weighted by Crippen LogP contribution is 2.01. The second kappa shape index (κ2) is 7.01. The van der Waals surface area contributed by atoms with Gasteiger partial charge in [0.15, 0.2) is 0 Å². The maximum absolute atomic E-state index is 11.7. The van der Waals surface area contributed by atoms with E-state index < -0.39 is 0 Å². The Labute approximate surface area is 97.0 Å². The van der Waals surface area contributed by atoms with Crippen LogP contribution < -0.4 is 11.1 Å². The summed E-state index contributed by atoms with van der Waals surface area (Å²) in [6, 6.07) is 9.97. The van der Waals surface area contributed by atoms with Crippen molar-refractivity contribution in [3.05, 3.63) is 35.9 Å². The van der Waals surface area contributed by atoms with Crippen molar-refractivity contribution in [1.82, 2.24) is 5.32 Å².